The fourth-order valence-electron chi connectivity index (χ4n) is 2.08. The number of nitrogens with zero attached hydrogens (tertiary/aromatic N) is 1. The van der Waals surface area contributed by atoms with Crippen LogP contribution in [0.4, 0.5) is 0 Å². The van der Waals surface area contributed by atoms with Crippen molar-refractivity contribution < 1.29 is 4.74 Å². The van der Waals surface area contributed by atoms with Crippen LogP contribution in [0.25, 0.3) is 0 Å². The van der Waals surface area contributed by atoms with Crippen molar-refractivity contribution in [3.63, 3.8) is 0 Å². The zero-order valence-corrected chi connectivity index (χ0v) is 11.8. The summed E-state index contributed by atoms with van der Waals surface area (Å²) in [4.78, 5) is 0. The van der Waals surface area contributed by atoms with Crippen LogP contribution in [0.3, 0.4) is 0 Å². The predicted octanol–water partition coefficient (Wildman–Crippen LogP) is 3.42. The van der Waals surface area contributed by atoms with Crippen LogP contribution in [-0.4, -0.2) is 7.11 Å². The van der Waals surface area contributed by atoms with E-state index in [9.17, 15) is 0 Å². The zero-order valence-electron chi connectivity index (χ0n) is 11.8. The Bertz CT molecular complexity index is 616. The monoisotopic (exact) mass is 266 g/mol. The van der Waals surface area contributed by atoms with Gasteiger partial charge in [0.1, 0.15) is 5.75 Å². The van der Waals surface area contributed by atoms with Crippen LogP contribution in [0.15, 0.2) is 48.5 Å². The summed E-state index contributed by atoms with van der Waals surface area (Å²) in [7, 11) is 1.67. The molecule has 0 fully saturated rings. The molecule has 0 amide bonds. The van der Waals surface area contributed by atoms with E-state index in [-0.39, 0.29) is 6.04 Å². The highest BCUT2D eigenvalue weighted by atomic mass is 16.5. The summed E-state index contributed by atoms with van der Waals surface area (Å²) in [5.41, 5.74) is 2.90. The van der Waals surface area contributed by atoms with E-state index in [2.05, 4.69) is 24.4 Å². The molecule has 3 heteroatoms. The van der Waals surface area contributed by atoms with Crippen molar-refractivity contribution in [3.8, 4) is 11.8 Å². The van der Waals surface area contributed by atoms with Crippen molar-refractivity contribution in [1.29, 1.82) is 5.26 Å². The normalized spacial score (nSPS) is 11.7. The third-order valence-electron chi connectivity index (χ3n) is 3.33. The number of hydrogen-bond donors (Lipinski definition) is 1. The standard InChI is InChI=1S/C17H18N2O/c1-13(14-8-5-9-17(10-14)20-2)19-12-16-7-4-3-6-15(16)11-18/h3-10,13,19H,12H2,1-2H3. The molecular weight excluding hydrogens is 248 g/mol. The second kappa shape index (κ2) is 6.74. The van der Waals surface area contributed by atoms with Crippen LogP contribution in [0.1, 0.15) is 29.7 Å². The summed E-state index contributed by atoms with van der Waals surface area (Å²) in [6.07, 6.45) is 0. The molecule has 0 saturated heterocycles. The van der Waals surface area contributed by atoms with E-state index in [0.29, 0.717) is 6.54 Å². The number of rotatable bonds is 5. The van der Waals surface area contributed by atoms with Crippen molar-refractivity contribution >= 4 is 0 Å². The molecule has 2 aromatic carbocycles. The molecule has 0 saturated carbocycles. The Balaban J connectivity index is 2.05. The quantitative estimate of drug-likeness (QED) is 0.902. The average molecular weight is 266 g/mol. The lowest BCUT2D eigenvalue weighted by Gasteiger charge is -2.15. The van der Waals surface area contributed by atoms with Crippen LogP contribution >= 0.6 is 0 Å². The molecule has 0 radical (unpaired) electrons. The Morgan fingerprint density at radius 3 is 2.75 bits per heavy atom. The Labute approximate surface area is 119 Å². The van der Waals surface area contributed by atoms with Gasteiger partial charge >= 0.3 is 0 Å². The van der Waals surface area contributed by atoms with Crippen molar-refractivity contribution in [2.75, 3.05) is 7.11 Å². The fraction of sp³-hybridized carbons (Fsp3) is 0.235. The van der Waals surface area contributed by atoms with Gasteiger partial charge in [-0.25, -0.2) is 0 Å². The third kappa shape index (κ3) is 3.37. The van der Waals surface area contributed by atoms with Crippen LogP contribution in [-0.2, 0) is 6.54 Å². The Hall–Kier alpha value is -2.31. The van der Waals surface area contributed by atoms with Gasteiger partial charge in [0.15, 0.2) is 0 Å². The van der Waals surface area contributed by atoms with Crippen molar-refractivity contribution in [2.24, 2.45) is 0 Å². The molecule has 20 heavy (non-hydrogen) atoms. The van der Waals surface area contributed by atoms with E-state index in [0.717, 1.165) is 16.9 Å². The SMILES string of the molecule is COc1cccc(C(C)NCc2ccccc2C#N)c1. The molecule has 2 aromatic rings. The van der Waals surface area contributed by atoms with Gasteiger partial charge in [0.25, 0.3) is 0 Å². The van der Waals surface area contributed by atoms with Crippen molar-refractivity contribution in [1.82, 2.24) is 5.32 Å². The Morgan fingerprint density at radius 2 is 2.00 bits per heavy atom. The Morgan fingerprint density at radius 1 is 1.20 bits per heavy atom. The number of benzene rings is 2. The van der Waals surface area contributed by atoms with E-state index in [1.165, 1.54) is 5.56 Å². The maximum Gasteiger partial charge on any atom is 0.119 e. The first-order chi connectivity index (χ1) is 9.74. The molecule has 2 rings (SSSR count). The van der Waals surface area contributed by atoms with E-state index in [4.69, 9.17) is 10.00 Å². The predicted molar refractivity (Wildman–Crippen MR) is 79.4 cm³/mol. The molecule has 0 aliphatic carbocycles. The molecule has 0 spiro atoms. The molecule has 3 nitrogen and oxygen atoms in total. The first kappa shape index (κ1) is 14.1. The number of ether oxygens (including phenoxy) is 1. The van der Waals surface area contributed by atoms with Crippen molar-refractivity contribution in [2.45, 2.75) is 19.5 Å². The van der Waals surface area contributed by atoms with Gasteiger partial charge in [-0.3, -0.25) is 0 Å². The van der Waals surface area contributed by atoms with E-state index in [1.807, 2.05) is 42.5 Å². The maximum atomic E-state index is 9.07. The fourth-order valence-corrected chi connectivity index (χ4v) is 2.08. The highest BCUT2D eigenvalue weighted by Gasteiger charge is 2.07. The summed E-state index contributed by atoms with van der Waals surface area (Å²) < 4.78 is 5.23. The van der Waals surface area contributed by atoms with E-state index < -0.39 is 0 Å². The van der Waals surface area contributed by atoms with Gasteiger partial charge in [0, 0.05) is 12.6 Å². The topological polar surface area (TPSA) is 45.0 Å². The molecule has 0 heterocycles. The van der Waals surface area contributed by atoms with Crippen LogP contribution in [0.5, 0.6) is 5.75 Å². The molecule has 1 N–H and O–H groups in total. The van der Waals surface area contributed by atoms with Gasteiger partial charge in [-0.15, -0.1) is 0 Å². The van der Waals surface area contributed by atoms with Crippen LogP contribution < -0.4 is 10.1 Å². The second-order valence-corrected chi connectivity index (χ2v) is 4.65. The summed E-state index contributed by atoms with van der Waals surface area (Å²) >= 11 is 0. The molecular formula is C17H18N2O. The number of nitriles is 1. The molecule has 1 atom stereocenters. The molecule has 102 valence electrons. The lowest BCUT2D eigenvalue weighted by atomic mass is 10.1. The van der Waals surface area contributed by atoms with Crippen molar-refractivity contribution in [3.05, 3.63) is 65.2 Å². The van der Waals surface area contributed by atoms with Gasteiger partial charge in [-0.2, -0.15) is 5.26 Å². The molecule has 0 aliphatic rings. The number of hydrogen-bond acceptors (Lipinski definition) is 3. The largest absolute Gasteiger partial charge is 0.497 e. The lowest BCUT2D eigenvalue weighted by molar-refractivity contribution is 0.413. The number of nitrogens with one attached hydrogen (secondary N) is 1. The lowest BCUT2D eigenvalue weighted by Crippen LogP contribution is -2.18. The highest BCUT2D eigenvalue weighted by molar-refractivity contribution is 5.37. The zero-order chi connectivity index (χ0) is 14.4. The molecule has 0 bridgehead atoms. The summed E-state index contributed by atoms with van der Waals surface area (Å²) in [6.45, 7) is 2.77. The first-order valence-corrected chi connectivity index (χ1v) is 6.60. The average Bonchev–Trinajstić information content (AvgIpc) is 2.52. The maximum absolute atomic E-state index is 9.07. The molecule has 0 aliphatic heterocycles. The van der Waals surface area contributed by atoms with Gasteiger partial charge < -0.3 is 10.1 Å². The van der Waals surface area contributed by atoms with Gasteiger partial charge in [-0.05, 0) is 36.2 Å². The minimum Gasteiger partial charge on any atom is -0.497 e. The Kier molecular flexibility index (Phi) is 4.75. The summed E-state index contributed by atoms with van der Waals surface area (Å²) in [5.74, 6) is 0.855. The van der Waals surface area contributed by atoms with E-state index >= 15 is 0 Å². The highest BCUT2D eigenvalue weighted by Crippen LogP contribution is 2.19. The van der Waals surface area contributed by atoms with E-state index in [1.54, 1.807) is 7.11 Å². The van der Waals surface area contributed by atoms with Crippen LogP contribution in [0.2, 0.25) is 0 Å². The van der Waals surface area contributed by atoms with Gasteiger partial charge in [-0.1, -0.05) is 30.3 Å². The minimum atomic E-state index is 0.192. The third-order valence-corrected chi connectivity index (χ3v) is 3.33. The molecule has 1 unspecified atom stereocenters. The summed E-state index contributed by atoms with van der Waals surface area (Å²) in [6, 6.07) is 18.1. The van der Waals surface area contributed by atoms with Gasteiger partial charge in [0.05, 0.1) is 18.7 Å². The molecule has 0 aromatic heterocycles. The van der Waals surface area contributed by atoms with Gasteiger partial charge in [0.2, 0.25) is 0 Å². The smallest absolute Gasteiger partial charge is 0.119 e. The number of methoxy groups -OCH3 is 1. The first-order valence-electron chi connectivity index (χ1n) is 6.60. The second-order valence-electron chi connectivity index (χ2n) is 4.65. The summed E-state index contributed by atoms with van der Waals surface area (Å²) in [5, 5.41) is 12.5. The minimum absolute atomic E-state index is 0.192. The van der Waals surface area contributed by atoms with Crippen LogP contribution in [0, 0.1) is 11.3 Å².